The first kappa shape index (κ1) is 15.4. The van der Waals surface area contributed by atoms with Crippen molar-refractivity contribution in [2.24, 2.45) is 7.05 Å². The van der Waals surface area contributed by atoms with Gasteiger partial charge in [-0.3, -0.25) is 0 Å². The summed E-state index contributed by atoms with van der Waals surface area (Å²) in [4.78, 5) is 25.9. The Hall–Kier alpha value is -1.63. The summed E-state index contributed by atoms with van der Waals surface area (Å²) < 4.78 is 6.53. The number of carbonyl (C=O) groups is 1. The Kier molecular flexibility index (Phi) is 4.19. The number of alkyl halides is 1. The predicted molar refractivity (Wildman–Crippen MR) is 69.0 cm³/mol. The number of halogens is 1. The fourth-order valence-electron chi connectivity index (χ4n) is 1.49. The van der Waals surface area contributed by atoms with Crippen LogP contribution in [0, 0.1) is 17.0 Å². The average Bonchev–Trinajstić information content (AvgIpc) is 2.52. The van der Waals surface area contributed by atoms with Crippen LogP contribution >= 0.6 is 11.6 Å². The summed E-state index contributed by atoms with van der Waals surface area (Å²) in [6.45, 7) is 6.67. The van der Waals surface area contributed by atoms with E-state index in [0.29, 0.717) is 5.82 Å². The molecule has 0 radical (unpaired) electrons. The van der Waals surface area contributed by atoms with Gasteiger partial charge in [-0.1, -0.05) is 0 Å². The molecule has 0 fully saturated rings. The van der Waals surface area contributed by atoms with E-state index in [9.17, 15) is 14.9 Å². The Morgan fingerprint density at radius 2 is 2.05 bits per heavy atom. The molecule has 0 aliphatic rings. The van der Waals surface area contributed by atoms with Gasteiger partial charge in [-0.05, 0) is 30.7 Å². The molecule has 0 saturated heterocycles. The van der Waals surface area contributed by atoms with E-state index in [0.717, 1.165) is 0 Å². The quantitative estimate of drug-likeness (QED) is 0.368. The maximum Gasteiger partial charge on any atom is 0.387 e. The van der Waals surface area contributed by atoms with Crippen LogP contribution in [0.2, 0.25) is 0 Å². The zero-order valence-corrected chi connectivity index (χ0v) is 12.2. The third-order valence-electron chi connectivity index (χ3n) is 2.37. The van der Waals surface area contributed by atoms with E-state index in [1.807, 2.05) is 0 Å². The number of nitro groups is 1. The fourth-order valence-corrected chi connectivity index (χ4v) is 1.78. The zero-order valence-electron chi connectivity index (χ0n) is 11.4. The van der Waals surface area contributed by atoms with Crippen LogP contribution in [0.3, 0.4) is 0 Å². The topological polar surface area (TPSA) is 87.3 Å². The Balaban J connectivity index is 3.16. The Morgan fingerprint density at radius 3 is 2.47 bits per heavy atom. The van der Waals surface area contributed by atoms with Crippen molar-refractivity contribution in [3.63, 3.8) is 0 Å². The molecule has 0 spiro atoms. The lowest BCUT2D eigenvalue weighted by Crippen LogP contribution is -2.27. The van der Waals surface area contributed by atoms with E-state index in [4.69, 9.17) is 16.3 Å². The van der Waals surface area contributed by atoms with Crippen LogP contribution in [0.1, 0.15) is 37.7 Å². The van der Waals surface area contributed by atoms with Crippen LogP contribution in [-0.2, 0) is 16.6 Å². The van der Waals surface area contributed by atoms with Crippen molar-refractivity contribution >= 4 is 23.4 Å². The van der Waals surface area contributed by atoms with Crippen LogP contribution in [0.5, 0.6) is 0 Å². The van der Waals surface area contributed by atoms with Crippen molar-refractivity contribution in [2.45, 2.75) is 38.7 Å². The zero-order chi connectivity index (χ0) is 15.0. The Bertz CT molecular complexity index is 519. The minimum absolute atomic E-state index is 0.0263. The van der Waals surface area contributed by atoms with Crippen molar-refractivity contribution in [3.05, 3.63) is 21.6 Å². The van der Waals surface area contributed by atoms with Gasteiger partial charge in [0.25, 0.3) is 0 Å². The summed E-state index contributed by atoms with van der Waals surface area (Å²) in [5.74, 6) is -0.762. The van der Waals surface area contributed by atoms with E-state index in [2.05, 4.69) is 4.98 Å². The molecule has 7 nitrogen and oxygen atoms in total. The maximum absolute atomic E-state index is 11.9. The number of ether oxygens (including phenoxy) is 1. The second-order valence-corrected chi connectivity index (χ2v) is 5.52. The average molecular weight is 290 g/mol. The van der Waals surface area contributed by atoms with Crippen LogP contribution < -0.4 is 0 Å². The number of nitrogens with zero attached hydrogens (tertiary/aromatic N) is 3. The summed E-state index contributed by atoms with van der Waals surface area (Å²) in [6.07, 6.45) is 0. The van der Waals surface area contributed by atoms with E-state index in [1.165, 1.54) is 4.57 Å². The van der Waals surface area contributed by atoms with Crippen LogP contribution in [0.15, 0.2) is 0 Å². The van der Waals surface area contributed by atoms with Gasteiger partial charge in [-0.25, -0.2) is 4.79 Å². The highest BCUT2D eigenvalue weighted by Crippen LogP contribution is 2.31. The van der Waals surface area contributed by atoms with Crippen LogP contribution in [0.25, 0.3) is 0 Å². The van der Waals surface area contributed by atoms with E-state index < -0.39 is 27.7 Å². The van der Waals surface area contributed by atoms with Gasteiger partial charge in [0.1, 0.15) is 11.3 Å². The molecule has 1 heterocycles. The third-order valence-corrected chi connectivity index (χ3v) is 2.76. The monoisotopic (exact) mass is 289 g/mol. The third kappa shape index (κ3) is 3.44. The van der Waals surface area contributed by atoms with Crippen LogP contribution in [0.4, 0.5) is 5.82 Å². The molecule has 106 valence electrons. The van der Waals surface area contributed by atoms with Gasteiger partial charge in [0, 0.05) is 14.0 Å². The summed E-state index contributed by atoms with van der Waals surface area (Å²) in [5, 5.41) is 9.65. The summed E-state index contributed by atoms with van der Waals surface area (Å²) >= 11 is 5.99. The largest absolute Gasteiger partial charge is 0.459 e. The molecule has 1 aromatic heterocycles. The van der Waals surface area contributed by atoms with E-state index in [-0.39, 0.29) is 5.69 Å². The maximum atomic E-state index is 11.9. The lowest BCUT2D eigenvalue weighted by molar-refractivity contribution is -0.390. The number of hydrogen-bond acceptors (Lipinski definition) is 5. The van der Waals surface area contributed by atoms with Crippen molar-refractivity contribution in [1.82, 2.24) is 9.55 Å². The number of aromatic nitrogens is 2. The molecule has 0 bridgehead atoms. The molecular formula is C11H16ClN3O4. The molecule has 8 heteroatoms. The molecule has 0 N–H and O–H groups in total. The Labute approximate surface area is 115 Å². The molecule has 0 saturated carbocycles. The SMILES string of the molecule is Cc1nc([N+](=O)[O-])c(C(Cl)C(=O)OC(C)(C)C)n1C. The van der Waals surface area contributed by atoms with Gasteiger partial charge in [0.2, 0.25) is 5.82 Å². The van der Waals surface area contributed by atoms with E-state index in [1.54, 1.807) is 34.7 Å². The lowest BCUT2D eigenvalue weighted by Gasteiger charge is -2.21. The summed E-state index contributed by atoms with van der Waals surface area (Å²) in [7, 11) is 1.56. The first-order chi connectivity index (χ1) is 8.54. The molecular weight excluding hydrogens is 274 g/mol. The standard InChI is InChI=1S/C11H16ClN3O4/c1-6-13-9(15(17)18)8(14(6)5)7(12)10(16)19-11(2,3)4/h7H,1-5H3. The van der Waals surface area contributed by atoms with Gasteiger partial charge >= 0.3 is 11.8 Å². The molecule has 19 heavy (non-hydrogen) atoms. The second kappa shape index (κ2) is 5.16. The van der Waals surface area contributed by atoms with Crippen molar-refractivity contribution in [3.8, 4) is 0 Å². The van der Waals surface area contributed by atoms with E-state index >= 15 is 0 Å². The highest BCUT2D eigenvalue weighted by molar-refractivity contribution is 6.30. The molecule has 0 aliphatic carbocycles. The highest BCUT2D eigenvalue weighted by Gasteiger charge is 2.35. The second-order valence-electron chi connectivity index (χ2n) is 5.08. The highest BCUT2D eigenvalue weighted by atomic mass is 35.5. The number of imidazole rings is 1. The lowest BCUT2D eigenvalue weighted by atomic mass is 10.2. The predicted octanol–water partition coefficient (Wildman–Crippen LogP) is 2.26. The molecule has 1 atom stereocenters. The number of carbonyl (C=O) groups excluding carboxylic acids is 1. The van der Waals surface area contributed by atoms with Crippen molar-refractivity contribution in [1.29, 1.82) is 0 Å². The normalized spacial score (nSPS) is 13.2. The molecule has 1 unspecified atom stereocenters. The first-order valence-corrected chi connectivity index (χ1v) is 6.02. The Morgan fingerprint density at radius 1 is 1.53 bits per heavy atom. The first-order valence-electron chi connectivity index (χ1n) is 5.59. The van der Waals surface area contributed by atoms with Gasteiger partial charge in [0.05, 0.1) is 0 Å². The van der Waals surface area contributed by atoms with Crippen LogP contribution in [-0.4, -0.2) is 26.0 Å². The van der Waals surface area contributed by atoms with Gasteiger partial charge < -0.3 is 19.4 Å². The number of hydrogen-bond donors (Lipinski definition) is 0. The fraction of sp³-hybridized carbons (Fsp3) is 0.636. The van der Waals surface area contributed by atoms with Gasteiger partial charge in [-0.2, -0.15) is 0 Å². The van der Waals surface area contributed by atoms with Crippen molar-refractivity contribution in [2.75, 3.05) is 0 Å². The summed E-state index contributed by atoms with van der Waals surface area (Å²) in [5.41, 5.74) is -0.689. The molecule has 0 aliphatic heterocycles. The number of esters is 1. The molecule has 1 aromatic rings. The minimum Gasteiger partial charge on any atom is -0.459 e. The smallest absolute Gasteiger partial charge is 0.387 e. The minimum atomic E-state index is -1.27. The molecule has 0 aromatic carbocycles. The molecule has 0 amide bonds. The molecule has 1 rings (SSSR count). The number of rotatable bonds is 3. The van der Waals surface area contributed by atoms with Gasteiger partial charge in [-0.15, -0.1) is 11.6 Å². The number of aryl methyl sites for hydroxylation is 1. The summed E-state index contributed by atoms with van der Waals surface area (Å²) in [6, 6.07) is 0. The van der Waals surface area contributed by atoms with Crippen molar-refractivity contribution < 1.29 is 14.5 Å². The van der Waals surface area contributed by atoms with Gasteiger partial charge in [0.15, 0.2) is 5.38 Å².